The number of nitrogens with zero attached hydrogens (tertiary/aromatic N) is 2. The van der Waals surface area contributed by atoms with Gasteiger partial charge in [0, 0.05) is 24.5 Å². The van der Waals surface area contributed by atoms with Crippen LogP contribution in [-0.2, 0) is 0 Å². The van der Waals surface area contributed by atoms with E-state index in [1.807, 2.05) is 18.2 Å². The molecule has 2 N–H and O–H groups in total. The zero-order valence-corrected chi connectivity index (χ0v) is 18.0. The van der Waals surface area contributed by atoms with Gasteiger partial charge in [-0.2, -0.15) is 0 Å². The lowest BCUT2D eigenvalue weighted by molar-refractivity contribution is 0.0940. The minimum absolute atomic E-state index is 0.0833. The number of anilines is 1. The number of hydrogen-bond donors (Lipinski definition) is 2. The number of amides is 2. The van der Waals surface area contributed by atoms with E-state index in [1.54, 1.807) is 36.0 Å². The third-order valence-corrected chi connectivity index (χ3v) is 5.87. The van der Waals surface area contributed by atoms with Crippen LogP contribution >= 0.6 is 11.3 Å². The quantitative estimate of drug-likeness (QED) is 0.542. The minimum Gasteiger partial charge on any atom is -0.349 e. The van der Waals surface area contributed by atoms with Crippen LogP contribution in [0, 0.1) is 0 Å². The van der Waals surface area contributed by atoms with Crippen LogP contribution in [0.4, 0.5) is 5.69 Å². The zero-order chi connectivity index (χ0) is 21.3. The maximum atomic E-state index is 12.9. The van der Waals surface area contributed by atoms with Gasteiger partial charge >= 0.3 is 0 Å². The normalized spacial score (nSPS) is 11.8. The molecule has 0 spiro atoms. The Balaban J connectivity index is 1.70. The van der Waals surface area contributed by atoms with Crippen molar-refractivity contribution in [3.63, 3.8) is 0 Å². The molecule has 1 unspecified atom stereocenters. The number of carbonyl (C=O) groups is 2. The van der Waals surface area contributed by atoms with Crippen molar-refractivity contribution >= 4 is 28.8 Å². The van der Waals surface area contributed by atoms with Gasteiger partial charge in [0.25, 0.3) is 11.8 Å². The van der Waals surface area contributed by atoms with Gasteiger partial charge in [0.2, 0.25) is 0 Å². The number of benzene rings is 1. The Morgan fingerprint density at radius 3 is 2.37 bits per heavy atom. The van der Waals surface area contributed by atoms with E-state index in [0.29, 0.717) is 22.7 Å². The number of hydrogen-bond acceptors (Lipinski definition) is 5. The molecular weight excluding hydrogens is 396 g/mol. The summed E-state index contributed by atoms with van der Waals surface area (Å²) in [4.78, 5) is 32.1. The van der Waals surface area contributed by atoms with E-state index in [9.17, 15) is 9.59 Å². The highest BCUT2D eigenvalue weighted by Gasteiger charge is 2.21. The van der Waals surface area contributed by atoms with Crippen molar-refractivity contribution in [2.75, 3.05) is 25.0 Å². The van der Waals surface area contributed by atoms with Gasteiger partial charge in [-0.3, -0.25) is 19.5 Å². The molecule has 2 heterocycles. The Kier molecular flexibility index (Phi) is 7.70. The molecule has 1 aromatic carbocycles. The summed E-state index contributed by atoms with van der Waals surface area (Å²) in [5.41, 5.74) is 2.17. The highest BCUT2D eigenvalue weighted by Crippen LogP contribution is 2.24. The van der Waals surface area contributed by atoms with E-state index in [0.717, 1.165) is 13.1 Å². The number of likely N-dealkylation sites (N-methyl/N-ethyl adjacent to an activating group) is 1. The van der Waals surface area contributed by atoms with E-state index in [1.165, 1.54) is 16.9 Å². The van der Waals surface area contributed by atoms with Crippen LogP contribution in [0.1, 0.15) is 45.5 Å². The van der Waals surface area contributed by atoms with Crippen molar-refractivity contribution in [1.82, 2.24) is 15.2 Å². The second-order valence-corrected chi connectivity index (χ2v) is 7.63. The van der Waals surface area contributed by atoms with E-state index >= 15 is 0 Å². The first-order valence-electron chi connectivity index (χ1n) is 10.00. The summed E-state index contributed by atoms with van der Waals surface area (Å²) < 4.78 is 0. The topological polar surface area (TPSA) is 74.3 Å². The molecular formula is C23H26N4O2S. The fraction of sp³-hybridized carbons (Fsp3) is 0.261. The van der Waals surface area contributed by atoms with Crippen molar-refractivity contribution in [3.8, 4) is 0 Å². The Morgan fingerprint density at radius 2 is 1.70 bits per heavy atom. The summed E-state index contributed by atoms with van der Waals surface area (Å²) in [5, 5.41) is 7.68. The molecule has 7 heteroatoms. The molecule has 156 valence electrons. The molecule has 6 nitrogen and oxygen atoms in total. The molecule has 2 aromatic heterocycles. The molecule has 0 aliphatic carbocycles. The maximum Gasteiger partial charge on any atom is 0.263 e. The van der Waals surface area contributed by atoms with Gasteiger partial charge in [0.05, 0.1) is 11.7 Å². The van der Waals surface area contributed by atoms with Gasteiger partial charge in [-0.15, -0.1) is 11.3 Å². The molecule has 0 aliphatic rings. The summed E-state index contributed by atoms with van der Waals surface area (Å²) in [6.45, 7) is 6.50. The monoisotopic (exact) mass is 422 g/mol. The molecule has 30 heavy (non-hydrogen) atoms. The van der Waals surface area contributed by atoms with Crippen LogP contribution in [0.25, 0.3) is 0 Å². The molecule has 0 saturated carbocycles. The number of aromatic nitrogens is 1. The van der Waals surface area contributed by atoms with Gasteiger partial charge < -0.3 is 10.6 Å². The Hall–Kier alpha value is -3.03. The minimum atomic E-state index is -0.268. The number of rotatable bonds is 9. The molecule has 0 saturated heterocycles. The molecule has 0 bridgehead atoms. The summed E-state index contributed by atoms with van der Waals surface area (Å²) in [6.07, 6.45) is 3.13. The fourth-order valence-corrected chi connectivity index (χ4v) is 4.11. The number of carbonyl (C=O) groups excluding carboxylic acids is 2. The van der Waals surface area contributed by atoms with E-state index < -0.39 is 0 Å². The summed E-state index contributed by atoms with van der Waals surface area (Å²) >= 11 is 1.31. The number of thiophene rings is 1. The number of pyridine rings is 1. The average molecular weight is 423 g/mol. The van der Waals surface area contributed by atoms with Gasteiger partial charge in [-0.25, -0.2) is 0 Å². The first-order valence-corrected chi connectivity index (χ1v) is 10.9. The zero-order valence-electron chi connectivity index (χ0n) is 17.2. The standard InChI is InChI=1S/C23H26N4O2S/c1-3-27(4-2)20(17-8-6-5-7-9-17)16-25-23(29)21-19(12-15-30-21)26-22(28)18-10-13-24-14-11-18/h5-15,20H,3-4,16H2,1-2H3,(H,25,29)(H,26,28). The first-order chi connectivity index (χ1) is 14.6. The molecule has 3 aromatic rings. The number of nitrogens with one attached hydrogen (secondary N) is 2. The summed E-state index contributed by atoms with van der Waals surface area (Å²) in [7, 11) is 0. The van der Waals surface area contributed by atoms with E-state index in [4.69, 9.17) is 0 Å². The van der Waals surface area contributed by atoms with Crippen LogP contribution in [0.15, 0.2) is 66.3 Å². The molecule has 2 amide bonds. The maximum absolute atomic E-state index is 12.9. The third-order valence-electron chi connectivity index (χ3n) is 4.96. The highest BCUT2D eigenvalue weighted by molar-refractivity contribution is 7.12. The van der Waals surface area contributed by atoms with Crippen LogP contribution < -0.4 is 10.6 Å². The molecule has 0 radical (unpaired) electrons. The second-order valence-electron chi connectivity index (χ2n) is 6.71. The summed E-state index contributed by atoms with van der Waals surface area (Å²) in [5.74, 6) is -0.460. The predicted octanol–water partition coefficient (Wildman–Crippen LogP) is 4.21. The fourth-order valence-electron chi connectivity index (χ4n) is 3.35. The largest absolute Gasteiger partial charge is 0.349 e. The summed E-state index contributed by atoms with van der Waals surface area (Å²) in [6, 6.07) is 15.3. The lowest BCUT2D eigenvalue weighted by Gasteiger charge is -2.30. The van der Waals surface area contributed by atoms with Gasteiger partial charge in [-0.1, -0.05) is 44.2 Å². The Morgan fingerprint density at radius 1 is 1.00 bits per heavy atom. The third kappa shape index (κ3) is 5.31. The highest BCUT2D eigenvalue weighted by atomic mass is 32.1. The van der Waals surface area contributed by atoms with Crippen molar-refractivity contribution in [1.29, 1.82) is 0 Å². The van der Waals surface area contributed by atoms with Gasteiger partial charge in [0.15, 0.2) is 0 Å². The molecule has 0 fully saturated rings. The molecule has 3 rings (SSSR count). The van der Waals surface area contributed by atoms with Crippen molar-refractivity contribution < 1.29 is 9.59 Å². The lowest BCUT2D eigenvalue weighted by Crippen LogP contribution is -2.38. The first kappa shape index (κ1) is 21.7. The van der Waals surface area contributed by atoms with Gasteiger partial charge in [-0.05, 0) is 42.2 Å². The van der Waals surface area contributed by atoms with Crippen LogP contribution in [0.3, 0.4) is 0 Å². The SMILES string of the molecule is CCN(CC)C(CNC(=O)c1sccc1NC(=O)c1ccncc1)c1ccccc1. The predicted molar refractivity (Wildman–Crippen MR) is 121 cm³/mol. The second kappa shape index (κ2) is 10.7. The van der Waals surface area contributed by atoms with Crippen molar-refractivity contribution in [3.05, 3.63) is 82.3 Å². The smallest absolute Gasteiger partial charge is 0.263 e. The van der Waals surface area contributed by atoms with Crippen LogP contribution in [0.5, 0.6) is 0 Å². The molecule has 1 atom stereocenters. The average Bonchev–Trinajstić information content (AvgIpc) is 3.25. The van der Waals surface area contributed by atoms with Crippen LogP contribution in [-0.4, -0.2) is 41.3 Å². The molecule has 0 aliphatic heterocycles. The van der Waals surface area contributed by atoms with E-state index in [2.05, 4.69) is 46.5 Å². The Labute approximate surface area is 181 Å². The van der Waals surface area contributed by atoms with Crippen LogP contribution in [0.2, 0.25) is 0 Å². The van der Waals surface area contributed by atoms with Gasteiger partial charge in [0.1, 0.15) is 4.88 Å². The lowest BCUT2D eigenvalue weighted by atomic mass is 10.1. The van der Waals surface area contributed by atoms with Crippen molar-refractivity contribution in [2.24, 2.45) is 0 Å². The Bertz CT molecular complexity index is 956. The van der Waals surface area contributed by atoms with E-state index in [-0.39, 0.29) is 17.9 Å². The van der Waals surface area contributed by atoms with Crippen molar-refractivity contribution in [2.45, 2.75) is 19.9 Å².